The summed E-state index contributed by atoms with van der Waals surface area (Å²) in [5.74, 6) is 0.00729. The van der Waals surface area contributed by atoms with E-state index in [-0.39, 0.29) is 17.6 Å². The topological polar surface area (TPSA) is 38.8 Å². The van der Waals surface area contributed by atoms with E-state index in [9.17, 15) is 4.79 Å². The molecule has 0 aromatic rings. The smallest absolute Gasteiger partial charge is 0.170 e. The fraction of sp³-hybridized carbons (Fsp3) is 0.917. The average Bonchev–Trinajstić information content (AvgIpc) is 2.26. The molecule has 0 bridgehead atoms. The Morgan fingerprint density at radius 3 is 2.29 bits per heavy atom. The van der Waals surface area contributed by atoms with Crippen LogP contribution in [0.15, 0.2) is 0 Å². The third-order valence-corrected chi connectivity index (χ3v) is 2.84. The second-order valence-electron chi connectivity index (χ2n) is 4.38. The van der Waals surface area contributed by atoms with Crippen molar-refractivity contribution in [1.82, 2.24) is 4.90 Å². The number of carbonyl (C=O) groups excluding carboxylic acids is 1. The Hall–Kier alpha value is -0.100. The monoisotopic (exact) mass is 263 g/mol. The summed E-state index contributed by atoms with van der Waals surface area (Å²) in [6.07, 6.45) is 0. The van der Waals surface area contributed by atoms with E-state index in [4.69, 9.17) is 9.47 Å². The molecular weight excluding hydrogens is 238 g/mol. The van der Waals surface area contributed by atoms with Gasteiger partial charge in [-0.25, -0.2) is 0 Å². The second kappa shape index (κ2) is 9.88. The van der Waals surface area contributed by atoms with E-state index in [0.29, 0.717) is 25.9 Å². The molecule has 17 heavy (non-hydrogen) atoms. The van der Waals surface area contributed by atoms with Gasteiger partial charge in [0, 0.05) is 12.6 Å². The zero-order valence-corrected chi connectivity index (χ0v) is 12.2. The van der Waals surface area contributed by atoms with Crippen molar-refractivity contribution in [1.29, 1.82) is 0 Å². The summed E-state index contributed by atoms with van der Waals surface area (Å²) >= 11 is 4.03. The number of thiol groups is 1. The first kappa shape index (κ1) is 16.9. The lowest BCUT2D eigenvalue weighted by Crippen LogP contribution is -2.30. The van der Waals surface area contributed by atoms with Gasteiger partial charge in [-0.05, 0) is 27.8 Å². The van der Waals surface area contributed by atoms with Crippen LogP contribution >= 0.6 is 12.6 Å². The third-order valence-electron chi connectivity index (χ3n) is 2.55. The Morgan fingerprint density at radius 1 is 1.18 bits per heavy atom. The van der Waals surface area contributed by atoms with Crippen molar-refractivity contribution in [2.45, 2.75) is 32.1 Å². The number of nitrogens with zero attached hydrogens (tertiary/aromatic N) is 1. The van der Waals surface area contributed by atoms with Crippen LogP contribution in [0.1, 0.15) is 20.8 Å². The van der Waals surface area contributed by atoms with Crippen molar-refractivity contribution in [3.05, 3.63) is 0 Å². The van der Waals surface area contributed by atoms with E-state index in [0.717, 1.165) is 6.54 Å². The molecule has 0 aliphatic rings. The van der Waals surface area contributed by atoms with Crippen molar-refractivity contribution in [3.8, 4) is 0 Å². The van der Waals surface area contributed by atoms with E-state index in [1.807, 2.05) is 0 Å². The molecule has 0 radical (unpaired) electrons. The van der Waals surface area contributed by atoms with E-state index in [1.54, 1.807) is 6.92 Å². The van der Waals surface area contributed by atoms with Crippen LogP contribution in [0.5, 0.6) is 0 Å². The van der Waals surface area contributed by atoms with Gasteiger partial charge < -0.3 is 14.4 Å². The first-order chi connectivity index (χ1) is 7.95. The molecule has 0 saturated heterocycles. The highest BCUT2D eigenvalue weighted by Gasteiger charge is 2.07. The van der Waals surface area contributed by atoms with Gasteiger partial charge in [0.1, 0.15) is 6.61 Å². The van der Waals surface area contributed by atoms with Gasteiger partial charge in [-0.3, -0.25) is 4.79 Å². The first-order valence-electron chi connectivity index (χ1n) is 6.01. The van der Waals surface area contributed by atoms with Crippen molar-refractivity contribution in [2.24, 2.45) is 0 Å². The lowest BCUT2D eigenvalue weighted by Gasteiger charge is -2.20. The predicted octanol–water partition coefficient (Wildman–Crippen LogP) is 1.25. The summed E-state index contributed by atoms with van der Waals surface area (Å²) in [5.41, 5.74) is 0. The van der Waals surface area contributed by atoms with Crippen molar-refractivity contribution in [2.75, 3.05) is 40.0 Å². The third kappa shape index (κ3) is 9.59. The maximum absolute atomic E-state index is 11.1. The molecule has 0 heterocycles. The molecule has 1 atom stereocenters. The average molecular weight is 263 g/mol. The number of Topliss-reactive ketones (excluding diaryl/α,β-unsaturated/α-hetero) is 1. The molecule has 0 amide bonds. The van der Waals surface area contributed by atoms with E-state index in [2.05, 4.69) is 38.4 Å². The van der Waals surface area contributed by atoms with Gasteiger partial charge in [0.05, 0.1) is 25.1 Å². The van der Waals surface area contributed by atoms with Gasteiger partial charge >= 0.3 is 0 Å². The molecule has 5 heteroatoms. The highest BCUT2D eigenvalue weighted by atomic mass is 32.1. The van der Waals surface area contributed by atoms with E-state index < -0.39 is 0 Å². The summed E-state index contributed by atoms with van der Waals surface area (Å²) in [7, 11) is 2.07. The molecule has 0 aromatic heterocycles. The SMILES string of the molecule is CC(S)C(=O)COCCOCCN(C)C(C)C. The molecule has 0 fully saturated rings. The van der Waals surface area contributed by atoms with Crippen LogP contribution in [0.25, 0.3) is 0 Å². The Balaban J connectivity index is 3.27. The van der Waals surface area contributed by atoms with Crippen LogP contribution < -0.4 is 0 Å². The Morgan fingerprint density at radius 2 is 1.76 bits per heavy atom. The molecule has 4 nitrogen and oxygen atoms in total. The van der Waals surface area contributed by atoms with Crippen molar-refractivity contribution < 1.29 is 14.3 Å². The van der Waals surface area contributed by atoms with Crippen LogP contribution in [0.3, 0.4) is 0 Å². The number of likely N-dealkylation sites (N-methyl/N-ethyl adjacent to an activating group) is 1. The van der Waals surface area contributed by atoms with Gasteiger partial charge in [0.15, 0.2) is 5.78 Å². The molecule has 0 aliphatic carbocycles. The molecule has 0 rings (SSSR count). The van der Waals surface area contributed by atoms with Crippen LogP contribution in [0, 0.1) is 0 Å². The quantitative estimate of drug-likeness (QED) is 0.475. The summed E-state index contributed by atoms with van der Waals surface area (Å²) in [6.45, 7) is 8.74. The lowest BCUT2D eigenvalue weighted by atomic mass is 10.3. The van der Waals surface area contributed by atoms with Crippen LogP contribution in [0.2, 0.25) is 0 Å². The van der Waals surface area contributed by atoms with Crippen LogP contribution in [-0.2, 0) is 14.3 Å². The predicted molar refractivity (Wildman–Crippen MR) is 72.9 cm³/mol. The summed E-state index contributed by atoms with van der Waals surface area (Å²) in [6, 6.07) is 0.532. The Kier molecular flexibility index (Phi) is 9.82. The number of rotatable bonds is 10. The number of ether oxygens (including phenoxy) is 2. The second-order valence-corrected chi connectivity index (χ2v) is 5.16. The zero-order valence-electron chi connectivity index (χ0n) is 11.3. The number of hydrogen-bond acceptors (Lipinski definition) is 5. The highest BCUT2D eigenvalue weighted by Crippen LogP contribution is 1.95. The van der Waals surface area contributed by atoms with Crippen LogP contribution in [-0.4, -0.2) is 62.0 Å². The van der Waals surface area contributed by atoms with Gasteiger partial charge in [0.2, 0.25) is 0 Å². The molecule has 1 unspecified atom stereocenters. The number of carbonyl (C=O) groups is 1. The van der Waals surface area contributed by atoms with Gasteiger partial charge in [-0.1, -0.05) is 0 Å². The first-order valence-corrected chi connectivity index (χ1v) is 6.53. The van der Waals surface area contributed by atoms with Gasteiger partial charge in [-0.2, -0.15) is 12.6 Å². The Bertz CT molecular complexity index is 210. The van der Waals surface area contributed by atoms with Gasteiger partial charge in [0.25, 0.3) is 0 Å². The maximum atomic E-state index is 11.1. The van der Waals surface area contributed by atoms with E-state index >= 15 is 0 Å². The minimum Gasteiger partial charge on any atom is -0.378 e. The lowest BCUT2D eigenvalue weighted by molar-refractivity contribution is -0.123. The van der Waals surface area contributed by atoms with Crippen molar-refractivity contribution in [3.63, 3.8) is 0 Å². The molecule has 0 aromatic carbocycles. The summed E-state index contributed by atoms with van der Waals surface area (Å²) < 4.78 is 10.6. The minimum atomic E-state index is -0.254. The molecule has 0 spiro atoms. The summed E-state index contributed by atoms with van der Waals surface area (Å²) in [4.78, 5) is 13.4. The minimum absolute atomic E-state index is 0.00729. The standard InChI is InChI=1S/C12H25NO3S/c1-10(2)13(4)5-6-15-7-8-16-9-12(14)11(3)17/h10-11,17H,5-9H2,1-4H3. The molecule has 0 saturated carbocycles. The van der Waals surface area contributed by atoms with Crippen LogP contribution in [0.4, 0.5) is 0 Å². The fourth-order valence-electron chi connectivity index (χ4n) is 0.980. The molecular formula is C12H25NO3S. The summed E-state index contributed by atoms with van der Waals surface area (Å²) in [5, 5.41) is -0.254. The van der Waals surface area contributed by atoms with Crippen molar-refractivity contribution >= 4 is 18.4 Å². The fourth-order valence-corrected chi connectivity index (χ4v) is 1.05. The molecule has 102 valence electrons. The maximum Gasteiger partial charge on any atom is 0.170 e. The Labute approximate surface area is 110 Å². The zero-order chi connectivity index (χ0) is 13.3. The normalized spacial score (nSPS) is 13.4. The number of hydrogen-bond donors (Lipinski definition) is 1. The number of ketones is 1. The molecule has 0 aliphatic heterocycles. The van der Waals surface area contributed by atoms with Gasteiger partial charge in [-0.15, -0.1) is 0 Å². The highest BCUT2D eigenvalue weighted by molar-refractivity contribution is 7.81. The largest absolute Gasteiger partial charge is 0.378 e. The molecule has 0 N–H and O–H groups in total. The van der Waals surface area contributed by atoms with E-state index in [1.165, 1.54) is 0 Å².